The molecule has 1 aromatic heterocycles. The predicted molar refractivity (Wildman–Crippen MR) is 87.5 cm³/mol. The van der Waals surface area contributed by atoms with Gasteiger partial charge in [-0.2, -0.15) is 0 Å². The quantitative estimate of drug-likeness (QED) is 0.819. The van der Waals surface area contributed by atoms with E-state index in [1.54, 1.807) is 6.92 Å². The van der Waals surface area contributed by atoms with Gasteiger partial charge >= 0.3 is 11.9 Å². The number of nitrogens with one attached hydrogen (secondary N) is 1. The summed E-state index contributed by atoms with van der Waals surface area (Å²) in [5.74, 6) is -2.30. The summed E-state index contributed by atoms with van der Waals surface area (Å²) in [6, 6.07) is 5.73. The Morgan fingerprint density at radius 2 is 2.25 bits per heavy atom. The van der Waals surface area contributed by atoms with Crippen molar-refractivity contribution in [2.24, 2.45) is 0 Å². The lowest BCUT2D eigenvalue weighted by molar-refractivity contribution is -0.170. The van der Waals surface area contributed by atoms with Gasteiger partial charge in [0.05, 0.1) is 22.5 Å². The molecule has 0 saturated heterocycles. The SMILES string of the molecule is CCOC(=O)C1(C)OC(=O)C(O)=C1Sc1nc2cc(C)ccc2[nH]1. The number of hydrogen-bond acceptors (Lipinski definition) is 7. The fourth-order valence-corrected chi connectivity index (χ4v) is 3.38. The molecular formula is C16H16N2O5S. The van der Waals surface area contributed by atoms with Crippen molar-refractivity contribution in [2.45, 2.75) is 31.5 Å². The van der Waals surface area contributed by atoms with Gasteiger partial charge in [0, 0.05) is 0 Å². The second-order valence-corrected chi connectivity index (χ2v) is 6.48. The summed E-state index contributed by atoms with van der Waals surface area (Å²) in [5, 5.41) is 10.5. The molecule has 2 heterocycles. The minimum absolute atomic E-state index is 0.0572. The van der Waals surface area contributed by atoms with Crippen LogP contribution in [0.3, 0.4) is 0 Å². The first-order valence-electron chi connectivity index (χ1n) is 7.33. The number of H-pyrrole nitrogens is 1. The number of benzene rings is 1. The molecule has 2 aromatic rings. The number of rotatable bonds is 4. The van der Waals surface area contributed by atoms with Crippen LogP contribution in [0, 0.1) is 6.92 Å². The standard InChI is InChI=1S/C16H16N2O5S/c1-4-22-14(21)16(3)12(11(19)13(20)23-16)24-15-17-9-6-5-8(2)7-10(9)18-15/h5-7,19H,4H2,1-3H3,(H,17,18). The van der Waals surface area contributed by atoms with Crippen LogP contribution in [0.15, 0.2) is 34.0 Å². The molecule has 0 bridgehead atoms. The summed E-state index contributed by atoms with van der Waals surface area (Å²) >= 11 is 0.972. The molecule has 1 atom stereocenters. The van der Waals surface area contributed by atoms with E-state index in [-0.39, 0.29) is 11.5 Å². The highest BCUT2D eigenvalue weighted by Gasteiger charge is 2.52. The molecule has 0 spiro atoms. The number of aromatic amines is 1. The van der Waals surface area contributed by atoms with Crippen molar-refractivity contribution in [3.05, 3.63) is 34.4 Å². The minimum Gasteiger partial charge on any atom is -0.501 e. The van der Waals surface area contributed by atoms with Gasteiger partial charge in [0.25, 0.3) is 0 Å². The number of nitrogens with zero attached hydrogens (tertiary/aromatic N) is 1. The van der Waals surface area contributed by atoms with Crippen LogP contribution in [0.4, 0.5) is 0 Å². The normalized spacial score (nSPS) is 20.5. The second kappa shape index (κ2) is 5.86. The van der Waals surface area contributed by atoms with Crippen molar-refractivity contribution < 1.29 is 24.2 Å². The topological polar surface area (TPSA) is 102 Å². The molecule has 1 unspecified atom stereocenters. The van der Waals surface area contributed by atoms with Gasteiger partial charge in [0.15, 0.2) is 5.16 Å². The zero-order valence-electron chi connectivity index (χ0n) is 13.4. The third-order valence-electron chi connectivity index (χ3n) is 3.62. The monoisotopic (exact) mass is 348 g/mol. The Labute approximate surface area is 142 Å². The van der Waals surface area contributed by atoms with Crippen molar-refractivity contribution in [3.63, 3.8) is 0 Å². The van der Waals surface area contributed by atoms with Crippen molar-refractivity contribution in [1.82, 2.24) is 9.97 Å². The summed E-state index contributed by atoms with van der Waals surface area (Å²) < 4.78 is 10.0. The first-order chi connectivity index (χ1) is 11.3. The Hall–Kier alpha value is -2.48. The maximum atomic E-state index is 12.2. The molecule has 1 aliphatic heterocycles. The molecule has 1 aromatic carbocycles. The number of aliphatic hydroxyl groups is 1. The molecular weight excluding hydrogens is 332 g/mol. The van der Waals surface area contributed by atoms with Gasteiger partial charge in [-0.1, -0.05) is 6.07 Å². The Bertz CT molecular complexity index is 872. The average molecular weight is 348 g/mol. The van der Waals surface area contributed by atoms with Crippen LogP contribution in [0.25, 0.3) is 11.0 Å². The van der Waals surface area contributed by atoms with Crippen LogP contribution in [0.1, 0.15) is 19.4 Å². The fourth-order valence-electron chi connectivity index (χ4n) is 2.39. The Kier molecular flexibility index (Phi) is 4.00. The first-order valence-corrected chi connectivity index (χ1v) is 8.15. The number of cyclic esters (lactones) is 1. The summed E-state index contributed by atoms with van der Waals surface area (Å²) in [7, 11) is 0. The van der Waals surface area contributed by atoms with E-state index in [0.29, 0.717) is 5.16 Å². The molecule has 7 nitrogen and oxygen atoms in total. The highest BCUT2D eigenvalue weighted by molar-refractivity contribution is 8.03. The number of fused-ring (bicyclic) bond motifs is 1. The Balaban J connectivity index is 1.98. The van der Waals surface area contributed by atoms with Gasteiger partial charge in [-0.15, -0.1) is 0 Å². The third kappa shape index (κ3) is 2.62. The maximum absolute atomic E-state index is 12.2. The number of ether oxygens (including phenoxy) is 2. The fraction of sp³-hybridized carbons (Fsp3) is 0.312. The zero-order valence-corrected chi connectivity index (χ0v) is 14.2. The lowest BCUT2D eigenvalue weighted by Gasteiger charge is -2.22. The van der Waals surface area contributed by atoms with Crippen LogP contribution in [0.2, 0.25) is 0 Å². The molecule has 0 amide bonds. The summed E-state index contributed by atoms with van der Waals surface area (Å²) in [6.07, 6.45) is 0. The lowest BCUT2D eigenvalue weighted by atomic mass is 10.1. The van der Waals surface area contributed by atoms with Crippen molar-refractivity contribution >= 4 is 34.7 Å². The smallest absolute Gasteiger partial charge is 0.375 e. The molecule has 0 aliphatic carbocycles. The molecule has 2 N–H and O–H groups in total. The first kappa shape index (κ1) is 16.4. The number of aliphatic hydroxyl groups excluding tert-OH is 1. The molecule has 0 saturated carbocycles. The van der Waals surface area contributed by atoms with Gasteiger partial charge in [0.1, 0.15) is 0 Å². The summed E-state index contributed by atoms with van der Waals surface area (Å²) in [6.45, 7) is 5.13. The number of aryl methyl sites for hydroxylation is 1. The summed E-state index contributed by atoms with van der Waals surface area (Å²) in [5.41, 5.74) is 0.937. The number of carbonyl (C=O) groups is 2. The highest BCUT2D eigenvalue weighted by Crippen LogP contribution is 2.43. The van der Waals surface area contributed by atoms with Crippen LogP contribution in [0.5, 0.6) is 0 Å². The van der Waals surface area contributed by atoms with Gasteiger partial charge in [-0.25, -0.2) is 14.6 Å². The van der Waals surface area contributed by atoms with Gasteiger partial charge in [-0.3, -0.25) is 0 Å². The van der Waals surface area contributed by atoms with Crippen LogP contribution < -0.4 is 0 Å². The van der Waals surface area contributed by atoms with Gasteiger partial charge in [-0.05, 0) is 50.2 Å². The van der Waals surface area contributed by atoms with Crippen molar-refractivity contribution in [1.29, 1.82) is 0 Å². The van der Waals surface area contributed by atoms with Crippen molar-refractivity contribution in [3.8, 4) is 0 Å². The zero-order chi connectivity index (χ0) is 17.5. The van der Waals surface area contributed by atoms with Crippen molar-refractivity contribution in [2.75, 3.05) is 6.61 Å². The largest absolute Gasteiger partial charge is 0.501 e. The number of esters is 2. The Morgan fingerprint density at radius 3 is 2.96 bits per heavy atom. The Morgan fingerprint density at radius 1 is 1.50 bits per heavy atom. The predicted octanol–water partition coefficient (Wildman–Crippen LogP) is 2.61. The van der Waals surface area contributed by atoms with Gasteiger partial charge in [0.2, 0.25) is 11.4 Å². The molecule has 1 aliphatic rings. The number of thioether (sulfide) groups is 1. The average Bonchev–Trinajstić information content (AvgIpc) is 3.02. The molecule has 126 valence electrons. The minimum atomic E-state index is -1.68. The van der Waals surface area contributed by atoms with Gasteiger partial charge < -0.3 is 19.6 Å². The van der Waals surface area contributed by atoms with Crippen LogP contribution in [-0.2, 0) is 19.1 Å². The van der Waals surface area contributed by atoms with E-state index in [2.05, 4.69) is 9.97 Å². The summed E-state index contributed by atoms with van der Waals surface area (Å²) in [4.78, 5) is 31.5. The van der Waals surface area contributed by atoms with Crippen LogP contribution >= 0.6 is 11.8 Å². The number of imidazole rings is 1. The van der Waals surface area contributed by atoms with E-state index in [0.717, 1.165) is 28.4 Å². The van der Waals surface area contributed by atoms with E-state index >= 15 is 0 Å². The second-order valence-electron chi connectivity index (χ2n) is 5.49. The maximum Gasteiger partial charge on any atom is 0.375 e. The molecule has 0 fully saturated rings. The number of hydrogen-bond donors (Lipinski definition) is 2. The van der Waals surface area contributed by atoms with E-state index in [1.807, 2.05) is 25.1 Å². The van der Waals surface area contributed by atoms with E-state index in [4.69, 9.17) is 9.47 Å². The lowest BCUT2D eigenvalue weighted by Crippen LogP contribution is -2.39. The number of aromatic nitrogens is 2. The third-order valence-corrected chi connectivity index (χ3v) is 4.79. The van der Waals surface area contributed by atoms with E-state index < -0.39 is 23.3 Å². The van der Waals surface area contributed by atoms with E-state index in [1.165, 1.54) is 6.92 Å². The van der Waals surface area contributed by atoms with E-state index in [9.17, 15) is 14.7 Å². The molecule has 0 radical (unpaired) electrons. The molecule has 8 heteroatoms. The highest BCUT2D eigenvalue weighted by atomic mass is 32.2. The van der Waals surface area contributed by atoms with Crippen LogP contribution in [-0.4, -0.2) is 39.2 Å². The molecule has 3 rings (SSSR count). The molecule has 24 heavy (non-hydrogen) atoms. The number of carbonyl (C=O) groups excluding carboxylic acids is 2.